The van der Waals surface area contributed by atoms with Gasteiger partial charge in [-0.3, -0.25) is 4.79 Å². The van der Waals surface area contributed by atoms with Crippen molar-refractivity contribution < 1.29 is 9.18 Å². The van der Waals surface area contributed by atoms with E-state index in [-0.39, 0.29) is 10.9 Å². The second kappa shape index (κ2) is 9.14. The first-order valence-electron chi connectivity index (χ1n) is 9.24. The maximum atomic E-state index is 14.2. The van der Waals surface area contributed by atoms with Crippen molar-refractivity contribution >= 4 is 41.1 Å². The lowest BCUT2D eigenvalue weighted by Gasteiger charge is -2.33. The molecule has 7 heteroatoms. The van der Waals surface area contributed by atoms with Crippen LogP contribution in [0.5, 0.6) is 0 Å². The Morgan fingerprint density at radius 3 is 2.38 bits per heavy atom. The molecule has 2 aromatic rings. The van der Waals surface area contributed by atoms with E-state index >= 15 is 0 Å². The lowest BCUT2D eigenvalue weighted by Crippen LogP contribution is -2.42. The average Bonchev–Trinajstić information content (AvgIpc) is 2.68. The molecule has 156 valence electrons. The van der Waals surface area contributed by atoms with Crippen LogP contribution in [0.2, 0.25) is 10.0 Å². The van der Waals surface area contributed by atoms with Crippen LogP contribution in [0.15, 0.2) is 35.3 Å². The quantitative estimate of drug-likeness (QED) is 0.445. The fourth-order valence-corrected chi connectivity index (χ4v) is 3.55. The van der Waals surface area contributed by atoms with Crippen LogP contribution in [-0.4, -0.2) is 49.7 Å². The van der Waals surface area contributed by atoms with Gasteiger partial charge >= 0.3 is 0 Å². The second-order valence-corrected chi connectivity index (χ2v) is 8.20. The van der Waals surface area contributed by atoms with E-state index in [1.807, 2.05) is 31.9 Å². The predicted molar refractivity (Wildman–Crippen MR) is 119 cm³/mol. The van der Waals surface area contributed by atoms with Crippen molar-refractivity contribution in [3.63, 3.8) is 0 Å². The Kier molecular flexibility index (Phi) is 7.30. The van der Waals surface area contributed by atoms with Gasteiger partial charge in [0.1, 0.15) is 5.82 Å². The van der Waals surface area contributed by atoms with E-state index in [1.165, 1.54) is 17.0 Å². The van der Waals surface area contributed by atoms with Gasteiger partial charge in [-0.2, -0.15) is 0 Å². The first-order chi connectivity index (χ1) is 13.5. The molecule has 2 aromatic carbocycles. The number of aryl methyl sites for hydroxylation is 1. The molecule has 0 radical (unpaired) electrons. The van der Waals surface area contributed by atoms with Gasteiger partial charge in [0.2, 0.25) is 5.91 Å². The van der Waals surface area contributed by atoms with Gasteiger partial charge in [0.25, 0.3) is 0 Å². The van der Waals surface area contributed by atoms with Crippen molar-refractivity contribution in [3.8, 4) is 0 Å². The summed E-state index contributed by atoms with van der Waals surface area (Å²) in [6, 6.07) is 7.97. The van der Waals surface area contributed by atoms with E-state index < -0.39 is 11.2 Å². The minimum atomic E-state index is -1.20. The normalized spacial score (nSPS) is 13.4. The molecule has 0 saturated carbocycles. The molecule has 0 bridgehead atoms. The Balaban J connectivity index is 2.69. The Labute approximate surface area is 181 Å². The minimum Gasteiger partial charge on any atom is -0.366 e. The standard InChI is InChI=1S/C22H26Cl2FN3O/c1-7-28(6)13-26-20-12-18(24)16(10-14(20)2)22(3,21(29)27(4)5)15-8-9-17(23)19(25)11-15/h8-13H,7H2,1-6H3. The summed E-state index contributed by atoms with van der Waals surface area (Å²) in [5, 5.41) is 0.385. The Bertz CT molecular complexity index is 946. The van der Waals surface area contributed by atoms with E-state index in [4.69, 9.17) is 23.2 Å². The summed E-state index contributed by atoms with van der Waals surface area (Å²) in [5.41, 5.74) is 1.43. The van der Waals surface area contributed by atoms with E-state index in [0.29, 0.717) is 21.8 Å². The SMILES string of the molecule is CCN(C)C=Nc1cc(Cl)c(C(C)(C(=O)N(C)C)c2ccc(Cl)c(F)c2)cc1C. The van der Waals surface area contributed by atoms with E-state index in [9.17, 15) is 9.18 Å². The lowest BCUT2D eigenvalue weighted by molar-refractivity contribution is -0.132. The molecule has 2 rings (SSSR count). The number of carbonyl (C=O) groups is 1. The molecule has 29 heavy (non-hydrogen) atoms. The van der Waals surface area contributed by atoms with Crippen LogP contribution in [0.4, 0.5) is 10.1 Å². The summed E-state index contributed by atoms with van der Waals surface area (Å²) < 4.78 is 14.2. The maximum Gasteiger partial charge on any atom is 0.236 e. The van der Waals surface area contributed by atoms with E-state index in [0.717, 1.165) is 12.1 Å². The topological polar surface area (TPSA) is 35.9 Å². The predicted octanol–water partition coefficient (Wildman–Crippen LogP) is 5.45. The van der Waals surface area contributed by atoms with Gasteiger partial charge in [0.15, 0.2) is 0 Å². The highest BCUT2D eigenvalue weighted by Crippen LogP contribution is 2.41. The largest absolute Gasteiger partial charge is 0.366 e. The smallest absolute Gasteiger partial charge is 0.236 e. The van der Waals surface area contributed by atoms with E-state index in [1.54, 1.807) is 39.5 Å². The molecule has 0 aliphatic carbocycles. The van der Waals surface area contributed by atoms with Crippen LogP contribution in [0.25, 0.3) is 0 Å². The van der Waals surface area contributed by atoms with Crippen molar-refractivity contribution in [3.05, 3.63) is 62.9 Å². The third-order valence-corrected chi connectivity index (χ3v) is 5.67. The Morgan fingerprint density at radius 2 is 1.83 bits per heavy atom. The first-order valence-corrected chi connectivity index (χ1v) is 10.00. The molecule has 1 amide bonds. The summed E-state index contributed by atoms with van der Waals surface area (Å²) in [6.07, 6.45) is 1.73. The Hall–Kier alpha value is -2.11. The van der Waals surface area contributed by atoms with Crippen molar-refractivity contribution in [2.24, 2.45) is 4.99 Å². The average molecular weight is 438 g/mol. The number of rotatable bonds is 6. The van der Waals surface area contributed by atoms with Gasteiger partial charge in [-0.1, -0.05) is 35.3 Å². The summed E-state index contributed by atoms with van der Waals surface area (Å²) in [4.78, 5) is 21.1. The molecule has 0 aliphatic heterocycles. The minimum absolute atomic E-state index is 0.000378. The molecule has 0 saturated heterocycles. The number of aliphatic imine (C=N–C) groups is 1. The number of amides is 1. The van der Waals surface area contributed by atoms with Crippen LogP contribution >= 0.6 is 23.2 Å². The molecule has 0 aliphatic rings. The van der Waals surface area contributed by atoms with Crippen LogP contribution in [0, 0.1) is 12.7 Å². The fraction of sp³-hybridized carbons (Fsp3) is 0.364. The van der Waals surface area contributed by atoms with Gasteiger partial charge < -0.3 is 9.80 Å². The Morgan fingerprint density at radius 1 is 1.17 bits per heavy atom. The van der Waals surface area contributed by atoms with Gasteiger partial charge in [0.05, 0.1) is 22.5 Å². The molecular weight excluding hydrogens is 412 g/mol. The van der Waals surface area contributed by atoms with Crippen molar-refractivity contribution in [1.82, 2.24) is 9.80 Å². The monoisotopic (exact) mass is 437 g/mol. The third kappa shape index (κ3) is 4.73. The summed E-state index contributed by atoms with van der Waals surface area (Å²) in [5.74, 6) is -0.805. The van der Waals surface area contributed by atoms with Crippen LogP contribution in [-0.2, 0) is 10.2 Å². The first kappa shape index (κ1) is 23.2. The molecule has 1 atom stereocenters. The molecule has 4 nitrogen and oxygen atoms in total. The third-order valence-electron chi connectivity index (χ3n) is 5.05. The van der Waals surface area contributed by atoms with Gasteiger partial charge in [-0.25, -0.2) is 9.38 Å². The highest BCUT2D eigenvalue weighted by atomic mass is 35.5. The lowest BCUT2D eigenvalue weighted by atomic mass is 9.74. The zero-order valence-corrected chi connectivity index (χ0v) is 19.1. The zero-order chi connectivity index (χ0) is 21.9. The fourth-order valence-electron chi connectivity index (χ4n) is 3.08. The number of benzene rings is 2. The van der Waals surface area contributed by atoms with Gasteiger partial charge in [-0.15, -0.1) is 0 Å². The molecular formula is C22H26Cl2FN3O. The maximum absolute atomic E-state index is 14.2. The number of halogens is 3. The molecule has 0 spiro atoms. The van der Waals surface area contributed by atoms with Crippen molar-refractivity contribution in [2.75, 3.05) is 27.7 Å². The highest BCUT2D eigenvalue weighted by Gasteiger charge is 2.40. The molecule has 0 aromatic heterocycles. The molecule has 0 heterocycles. The molecule has 0 fully saturated rings. The van der Waals surface area contributed by atoms with E-state index in [2.05, 4.69) is 4.99 Å². The number of hydrogen-bond acceptors (Lipinski definition) is 2. The summed E-state index contributed by atoms with van der Waals surface area (Å²) in [7, 11) is 5.25. The number of hydrogen-bond donors (Lipinski definition) is 0. The molecule has 1 unspecified atom stereocenters. The zero-order valence-electron chi connectivity index (χ0n) is 17.6. The number of carbonyl (C=O) groups excluding carboxylic acids is 1. The van der Waals surface area contributed by atoms with Crippen LogP contribution < -0.4 is 0 Å². The second-order valence-electron chi connectivity index (χ2n) is 7.39. The van der Waals surface area contributed by atoms with Crippen LogP contribution in [0.1, 0.15) is 30.5 Å². The highest BCUT2D eigenvalue weighted by molar-refractivity contribution is 6.32. The van der Waals surface area contributed by atoms with Crippen molar-refractivity contribution in [1.29, 1.82) is 0 Å². The van der Waals surface area contributed by atoms with Crippen molar-refractivity contribution in [2.45, 2.75) is 26.2 Å². The number of nitrogens with zero attached hydrogens (tertiary/aromatic N) is 3. The number of likely N-dealkylation sites (N-methyl/N-ethyl adjacent to an activating group) is 1. The van der Waals surface area contributed by atoms with Gasteiger partial charge in [-0.05, 0) is 55.7 Å². The molecule has 0 N–H and O–H groups in total. The summed E-state index contributed by atoms with van der Waals surface area (Å²) in [6.45, 7) is 6.50. The van der Waals surface area contributed by atoms with Crippen LogP contribution in [0.3, 0.4) is 0 Å². The summed E-state index contributed by atoms with van der Waals surface area (Å²) >= 11 is 12.5. The van der Waals surface area contributed by atoms with Gasteiger partial charge in [0, 0.05) is 32.7 Å².